The number of aliphatic imine (C=N–C) groups is 2. The summed E-state index contributed by atoms with van der Waals surface area (Å²) in [5, 5.41) is 2.80. The molecule has 6 unspecified atom stereocenters. The van der Waals surface area contributed by atoms with E-state index in [9.17, 15) is 19.2 Å². The van der Waals surface area contributed by atoms with E-state index in [1.165, 1.54) is 78.0 Å². The first kappa shape index (κ1) is 42.1. The summed E-state index contributed by atoms with van der Waals surface area (Å²) < 4.78 is 9.83. The lowest BCUT2D eigenvalue weighted by Gasteiger charge is -2.32. The molecule has 3 amide bonds. The van der Waals surface area contributed by atoms with Crippen LogP contribution in [0.2, 0.25) is 0 Å². The number of likely N-dealkylation sites (tertiary alicyclic amines) is 2. The van der Waals surface area contributed by atoms with Gasteiger partial charge in [-0.05, 0) is 143 Å². The quantitative estimate of drug-likeness (QED) is 0.181. The third-order valence-corrected chi connectivity index (χ3v) is 16.5. The van der Waals surface area contributed by atoms with Crippen molar-refractivity contribution in [3.05, 3.63) is 83.1 Å². The zero-order chi connectivity index (χ0) is 45.0. The van der Waals surface area contributed by atoms with E-state index in [2.05, 4.69) is 64.8 Å². The second-order valence-corrected chi connectivity index (χ2v) is 21.0. The lowest BCUT2D eigenvalue weighted by atomic mass is 9.81. The maximum absolute atomic E-state index is 14.1. The number of allylic oxidation sites excluding steroid dienone is 1. The molecule has 4 heterocycles. The molecule has 0 aromatic heterocycles. The number of piperidine rings is 2. The first-order valence-corrected chi connectivity index (χ1v) is 24.2. The fourth-order valence-corrected chi connectivity index (χ4v) is 12.9. The first-order chi connectivity index (χ1) is 31.4. The molecule has 338 valence electrons. The zero-order valence-corrected chi connectivity index (χ0v) is 38.5. The highest BCUT2D eigenvalue weighted by atomic mass is 16.5. The van der Waals surface area contributed by atoms with Gasteiger partial charge in [-0.1, -0.05) is 70.2 Å². The van der Waals surface area contributed by atoms with Crippen molar-refractivity contribution in [2.24, 2.45) is 39.6 Å². The first-order valence-electron chi connectivity index (χ1n) is 24.2. The zero-order valence-electron chi connectivity index (χ0n) is 38.5. The van der Waals surface area contributed by atoms with Crippen molar-refractivity contribution in [1.82, 2.24) is 15.1 Å². The van der Waals surface area contributed by atoms with Crippen molar-refractivity contribution in [2.75, 3.05) is 14.2 Å². The topological polar surface area (TPSA) is 130 Å². The van der Waals surface area contributed by atoms with Crippen LogP contribution in [-0.2, 0) is 30.3 Å². The minimum atomic E-state index is -0.644. The number of nitrogens with zero attached hydrogens (tertiary/aromatic N) is 4. The van der Waals surface area contributed by atoms with E-state index >= 15 is 0 Å². The summed E-state index contributed by atoms with van der Waals surface area (Å²) in [5.74, 6) is 1.41. The van der Waals surface area contributed by atoms with Crippen molar-refractivity contribution in [3.63, 3.8) is 0 Å². The molecule has 2 bridgehead atoms. The van der Waals surface area contributed by atoms with Crippen molar-refractivity contribution in [3.8, 4) is 22.3 Å². The largest absolute Gasteiger partial charge is 0.469 e. The Morgan fingerprint density at radius 2 is 1.31 bits per heavy atom. The van der Waals surface area contributed by atoms with Gasteiger partial charge in [-0.2, -0.15) is 0 Å². The summed E-state index contributed by atoms with van der Waals surface area (Å²) in [7, 11) is 2.72. The van der Waals surface area contributed by atoms with Crippen LogP contribution in [0.5, 0.6) is 0 Å². The maximum atomic E-state index is 14.1. The molecule has 4 aliphatic carbocycles. The molecule has 8 aliphatic rings. The van der Waals surface area contributed by atoms with Gasteiger partial charge in [0.1, 0.15) is 6.04 Å². The van der Waals surface area contributed by atoms with Gasteiger partial charge in [0, 0.05) is 42.5 Å². The molecule has 5 fully saturated rings. The van der Waals surface area contributed by atoms with Crippen LogP contribution in [0.15, 0.2) is 70.8 Å². The van der Waals surface area contributed by atoms with Crippen molar-refractivity contribution in [2.45, 2.75) is 134 Å². The van der Waals surface area contributed by atoms with Crippen LogP contribution in [0.1, 0.15) is 120 Å². The van der Waals surface area contributed by atoms with Crippen LogP contribution < -0.4 is 5.32 Å². The number of ether oxygens (including phenoxy) is 2. The van der Waals surface area contributed by atoms with Gasteiger partial charge >= 0.3 is 12.1 Å². The Morgan fingerprint density at radius 3 is 1.94 bits per heavy atom. The van der Waals surface area contributed by atoms with E-state index in [1.54, 1.807) is 0 Å². The van der Waals surface area contributed by atoms with Gasteiger partial charge in [0.25, 0.3) is 0 Å². The minimum Gasteiger partial charge on any atom is -0.469 e. The van der Waals surface area contributed by atoms with Gasteiger partial charge in [-0.25, -0.2) is 4.79 Å². The van der Waals surface area contributed by atoms with E-state index < -0.39 is 18.1 Å². The van der Waals surface area contributed by atoms with Crippen LogP contribution >= 0.6 is 0 Å². The van der Waals surface area contributed by atoms with Gasteiger partial charge < -0.3 is 24.6 Å². The number of nitrogens with one attached hydrogen (secondary N) is 1. The molecule has 1 N–H and O–H groups in total. The number of alkyl carbamates (subject to hydrolysis) is 1. The number of amides is 3. The third kappa shape index (κ3) is 7.23. The van der Waals surface area contributed by atoms with Crippen molar-refractivity contribution >= 4 is 46.6 Å². The number of methoxy groups -OCH3 is 2. The van der Waals surface area contributed by atoms with Crippen molar-refractivity contribution < 1.29 is 28.7 Å². The smallest absolute Gasteiger partial charge is 0.407 e. The number of benzene rings is 3. The number of carbonyl (C=O) groups excluding carboxylic acids is 4. The molecule has 2 saturated heterocycles. The highest BCUT2D eigenvalue weighted by Gasteiger charge is 2.58. The number of carbonyl (C=O) groups is 4. The second kappa shape index (κ2) is 16.1. The summed E-state index contributed by atoms with van der Waals surface area (Å²) in [6.07, 6.45) is 10.6. The third-order valence-electron chi connectivity index (χ3n) is 16.5. The van der Waals surface area contributed by atoms with E-state index in [4.69, 9.17) is 19.5 Å². The molecule has 11 rings (SSSR count). The minimum absolute atomic E-state index is 0.0189. The van der Waals surface area contributed by atoms with Crippen LogP contribution in [0.3, 0.4) is 0 Å². The molecule has 65 heavy (non-hydrogen) atoms. The average Bonchev–Trinajstić information content (AvgIpc) is 3.75. The SMILES string of the molecule is COC(=O)C[C@H](C(=O)N1C2CC2C[C@H]1C1=NC=C(c2ccc(-c3ccc(-c4ccc5c(c4)CC([C@H]4CC6CC6N4C(=O)[C@@H](NC(=O)OC)C(C)C)=N5)c4c3C3CCC4C3)cc2)C1)C(C)C. The molecule has 11 heteroatoms. The molecular weight excluding hydrogens is 815 g/mol. The Kier molecular flexibility index (Phi) is 10.4. The molecule has 4 aliphatic heterocycles. The van der Waals surface area contributed by atoms with Crippen molar-refractivity contribution in [1.29, 1.82) is 0 Å². The number of hydrogen-bond donors (Lipinski definition) is 1. The number of fused-ring (bicyclic) bond motifs is 8. The standard InChI is InChI=1S/C54H61N5O6/c1-27(2)40(25-48(60)64-5)52(61)58-44-21-35(44)23-46(58)42-20-37(26-55-42)29-7-9-30(10-8-29)38-14-15-39(50-33-12-11-32(18-33)49(38)50)31-13-16-41-34(17-31)19-43(56-41)47-24-36-22-45(36)59(47)53(62)51(28(3)4)57-54(63)65-6/h7-10,13-17,26-28,32-33,35-36,40,44-47,51H,11-12,18-25H2,1-6H3,(H,57,63)/t32?,33?,35?,36?,40-,44?,45?,46-,47+,51-/m0/s1. The number of rotatable bonds is 12. The normalized spacial score (nSPS) is 28.3. The summed E-state index contributed by atoms with van der Waals surface area (Å²) in [6.45, 7) is 7.95. The second-order valence-electron chi connectivity index (χ2n) is 21.0. The lowest BCUT2D eigenvalue weighted by molar-refractivity contribution is -0.148. The summed E-state index contributed by atoms with van der Waals surface area (Å²) in [6, 6.07) is 20.2. The molecule has 10 atom stereocenters. The van der Waals surface area contributed by atoms with Gasteiger partial charge in [-0.15, -0.1) is 0 Å². The summed E-state index contributed by atoms with van der Waals surface area (Å²) in [4.78, 5) is 66.8. The Labute approximate surface area is 382 Å². The Morgan fingerprint density at radius 1 is 0.692 bits per heavy atom. The number of esters is 1. The molecule has 3 aromatic carbocycles. The molecular formula is C54H61N5O6. The summed E-state index contributed by atoms with van der Waals surface area (Å²) >= 11 is 0. The molecule has 3 aromatic rings. The van der Waals surface area contributed by atoms with Crippen LogP contribution in [0.25, 0.3) is 27.8 Å². The lowest BCUT2D eigenvalue weighted by Crippen LogP contribution is -2.55. The molecule has 3 saturated carbocycles. The van der Waals surface area contributed by atoms with E-state index in [1.807, 2.05) is 38.8 Å². The fourth-order valence-electron chi connectivity index (χ4n) is 12.9. The van der Waals surface area contributed by atoms with E-state index in [-0.39, 0.29) is 60.2 Å². The highest BCUT2D eigenvalue weighted by Crippen LogP contribution is 2.59. The maximum Gasteiger partial charge on any atom is 0.407 e. The molecule has 0 radical (unpaired) electrons. The van der Waals surface area contributed by atoms with E-state index in [0.29, 0.717) is 23.7 Å². The molecule has 0 spiro atoms. The van der Waals surface area contributed by atoms with Gasteiger partial charge in [-0.3, -0.25) is 24.4 Å². The van der Waals surface area contributed by atoms with Crippen LogP contribution in [0, 0.1) is 29.6 Å². The van der Waals surface area contributed by atoms with E-state index in [0.717, 1.165) is 61.2 Å². The van der Waals surface area contributed by atoms with Gasteiger partial charge in [0.05, 0.1) is 44.3 Å². The predicted octanol–water partition coefficient (Wildman–Crippen LogP) is 9.39. The Bertz CT molecular complexity index is 2590. The van der Waals surface area contributed by atoms with Gasteiger partial charge in [0.2, 0.25) is 11.8 Å². The monoisotopic (exact) mass is 875 g/mol. The molecule has 11 nitrogen and oxygen atoms in total. The number of hydrogen-bond acceptors (Lipinski definition) is 8. The highest BCUT2D eigenvalue weighted by molar-refractivity contribution is 6.04. The van der Waals surface area contributed by atoms with Crippen LogP contribution in [0.4, 0.5) is 10.5 Å². The average molecular weight is 876 g/mol. The summed E-state index contributed by atoms with van der Waals surface area (Å²) in [5.41, 5.74) is 14.8. The van der Waals surface area contributed by atoms with Crippen LogP contribution in [-0.4, -0.2) is 89.5 Å². The fraction of sp³-hybridized carbons (Fsp3) is 0.519. The predicted molar refractivity (Wildman–Crippen MR) is 251 cm³/mol. The Balaban J connectivity index is 0.795. The van der Waals surface area contributed by atoms with Gasteiger partial charge in [0.15, 0.2) is 0 Å². The Hall–Kier alpha value is -5.58.